The molecule has 78 valence electrons. The van der Waals surface area contributed by atoms with Crippen LogP contribution < -0.4 is 11.2 Å². The van der Waals surface area contributed by atoms with E-state index in [0.717, 1.165) is 6.42 Å². The maximum atomic E-state index is 11.6. The Labute approximate surface area is 82.8 Å². The van der Waals surface area contributed by atoms with Crippen LogP contribution in [0.4, 0.5) is 0 Å². The third kappa shape index (κ3) is 2.13. The van der Waals surface area contributed by atoms with Crippen molar-refractivity contribution in [1.82, 2.24) is 9.13 Å². The molecule has 0 aliphatic carbocycles. The van der Waals surface area contributed by atoms with E-state index in [2.05, 4.69) is 0 Å². The molecule has 0 fully saturated rings. The van der Waals surface area contributed by atoms with Gasteiger partial charge < -0.3 is 4.57 Å². The van der Waals surface area contributed by atoms with E-state index in [9.17, 15) is 9.59 Å². The van der Waals surface area contributed by atoms with E-state index < -0.39 is 0 Å². The molecule has 4 heteroatoms. The maximum Gasteiger partial charge on any atom is 0.330 e. The van der Waals surface area contributed by atoms with Crippen LogP contribution in [-0.2, 0) is 13.6 Å². The molecule has 0 amide bonds. The van der Waals surface area contributed by atoms with Crippen molar-refractivity contribution in [3.05, 3.63) is 33.1 Å². The summed E-state index contributed by atoms with van der Waals surface area (Å²) in [6, 6.07) is 1.42. The smallest absolute Gasteiger partial charge is 0.303 e. The van der Waals surface area contributed by atoms with E-state index in [-0.39, 0.29) is 11.2 Å². The zero-order valence-electron chi connectivity index (χ0n) is 8.86. The molecule has 1 heterocycles. The van der Waals surface area contributed by atoms with Crippen molar-refractivity contribution in [2.24, 2.45) is 13.0 Å². The summed E-state index contributed by atoms with van der Waals surface area (Å²) in [5.74, 6) is 0.350. The molecule has 0 bridgehead atoms. The Hall–Kier alpha value is -1.32. The summed E-state index contributed by atoms with van der Waals surface area (Å²) in [5, 5.41) is 0. The molecule has 0 saturated carbocycles. The largest absolute Gasteiger partial charge is 0.330 e. The molecule has 4 nitrogen and oxygen atoms in total. The summed E-state index contributed by atoms with van der Waals surface area (Å²) in [6.07, 6.45) is 2.46. The highest BCUT2D eigenvalue weighted by molar-refractivity contribution is 4.85. The lowest BCUT2D eigenvalue weighted by Crippen LogP contribution is -2.39. The zero-order valence-corrected chi connectivity index (χ0v) is 8.86. The number of aromatic nitrogens is 2. The first-order valence-corrected chi connectivity index (χ1v) is 4.82. The topological polar surface area (TPSA) is 44.0 Å². The zero-order chi connectivity index (χ0) is 10.7. The number of hydrogen-bond acceptors (Lipinski definition) is 2. The summed E-state index contributed by atoms with van der Waals surface area (Å²) in [6.45, 7) is 4.57. The summed E-state index contributed by atoms with van der Waals surface area (Å²) in [4.78, 5) is 23.0. The Morgan fingerprint density at radius 1 is 1.43 bits per heavy atom. The van der Waals surface area contributed by atoms with Crippen molar-refractivity contribution in [2.75, 3.05) is 0 Å². The van der Waals surface area contributed by atoms with Gasteiger partial charge in [0.1, 0.15) is 0 Å². The first-order valence-electron chi connectivity index (χ1n) is 4.82. The second-order valence-electron chi connectivity index (χ2n) is 3.67. The lowest BCUT2D eigenvalue weighted by Gasteiger charge is -2.10. The molecule has 0 spiro atoms. The molecule has 14 heavy (non-hydrogen) atoms. The van der Waals surface area contributed by atoms with E-state index in [1.807, 2.05) is 13.8 Å². The molecular weight excluding hydrogens is 180 g/mol. The molecule has 0 aliphatic heterocycles. The molecule has 0 radical (unpaired) electrons. The molecule has 0 saturated heterocycles. The molecule has 1 unspecified atom stereocenters. The molecule has 1 atom stereocenters. The van der Waals surface area contributed by atoms with Crippen molar-refractivity contribution < 1.29 is 0 Å². The average molecular weight is 196 g/mol. The molecule has 1 aromatic heterocycles. The highest BCUT2D eigenvalue weighted by Gasteiger charge is 2.06. The van der Waals surface area contributed by atoms with E-state index in [0.29, 0.717) is 12.5 Å². The van der Waals surface area contributed by atoms with Crippen LogP contribution in [0, 0.1) is 5.92 Å². The van der Waals surface area contributed by atoms with Crippen molar-refractivity contribution in [1.29, 1.82) is 0 Å². The molecule has 0 aliphatic rings. The molecule has 1 aromatic rings. The van der Waals surface area contributed by atoms with E-state index in [4.69, 9.17) is 0 Å². The van der Waals surface area contributed by atoms with Gasteiger partial charge in [-0.3, -0.25) is 9.36 Å². The molecule has 0 N–H and O–H groups in total. The quantitative estimate of drug-likeness (QED) is 0.710. The summed E-state index contributed by atoms with van der Waals surface area (Å²) in [7, 11) is 1.65. The summed E-state index contributed by atoms with van der Waals surface area (Å²) < 4.78 is 2.71. The van der Waals surface area contributed by atoms with E-state index in [1.54, 1.807) is 7.05 Å². The van der Waals surface area contributed by atoms with Crippen molar-refractivity contribution in [3.63, 3.8) is 0 Å². The summed E-state index contributed by atoms with van der Waals surface area (Å²) >= 11 is 0. The third-order valence-electron chi connectivity index (χ3n) is 2.43. The first-order chi connectivity index (χ1) is 6.56. The van der Waals surface area contributed by atoms with Crippen LogP contribution in [0.2, 0.25) is 0 Å². The van der Waals surface area contributed by atoms with Crippen molar-refractivity contribution in [3.8, 4) is 0 Å². The number of hydrogen-bond donors (Lipinski definition) is 0. The van der Waals surface area contributed by atoms with Crippen LogP contribution >= 0.6 is 0 Å². The minimum atomic E-state index is -0.238. The average Bonchev–Trinajstić information content (AvgIpc) is 2.18. The molecular formula is C10H16N2O2. The Morgan fingerprint density at radius 2 is 2.07 bits per heavy atom. The minimum absolute atomic E-state index is 0.214. The van der Waals surface area contributed by atoms with Gasteiger partial charge in [-0.1, -0.05) is 20.3 Å². The summed E-state index contributed by atoms with van der Waals surface area (Å²) in [5.41, 5.74) is -0.453. The monoisotopic (exact) mass is 196 g/mol. The van der Waals surface area contributed by atoms with Gasteiger partial charge in [-0.15, -0.1) is 0 Å². The first kappa shape index (κ1) is 10.8. The SMILES string of the molecule is CCC(C)Cn1c(=O)ccn(C)c1=O. The Bertz CT molecular complexity index is 417. The lowest BCUT2D eigenvalue weighted by atomic mass is 10.1. The highest BCUT2D eigenvalue weighted by Crippen LogP contribution is 2.00. The van der Waals surface area contributed by atoms with Crippen LogP contribution in [-0.4, -0.2) is 9.13 Å². The fourth-order valence-corrected chi connectivity index (χ4v) is 1.22. The number of nitrogens with zero attached hydrogens (tertiary/aromatic N) is 2. The third-order valence-corrected chi connectivity index (χ3v) is 2.43. The lowest BCUT2D eigenvalue weighted by molar-refractivity contribution is 0.438. The van der Waals surface area contributed by atoms with E-state index in [1.165, 1.54) is 21.4 Å². The van der Waals surface area contributed by atoms with Gasteiger partial charge in [0.2, 0.25) is 0 Å². The van der Waals surface area contributed by atoms with Gasteiger partial charge in [0.25, 0.3) is 5.56 Å². The van der Waals surface area contributed by atoms with Crippen LogP contribution in [0.1, 0.15) is 20.3 Å². The van der Waals surface area contributed by atoms with Crippen molar-refractivity contribution >= 4 is 0 Å². The van der Waals surface area contributed by atoms with Gasteiger partial charge in [-0.2, -0.15) is 0 Å². The van der Waals surface area contributed by atoms with Gasteiger partial charge in [0.05, 0.1) is 0 Å². The highest BCUT2D eigenvalue weighted by atomic mass is 16.2. The van der Waals surface area contributed by atoms with Crippen LogP contribution in [0.25, 0.3) is 0 Å². The minimum Gasteiger partial charge on any atom is -0.303 e. The second kappa shape index (κ2) is 4.26. The van der Waals surface area contributed by atoms with Gasteiger partial charge in [0.15, 0.2) is 0 Å². The Balaban J connectivity index is 3.14. The number of aryl methyl sites for hydroxylation is 1. The molecule has 0 aromatic carbocycles. The predicted molar refractivity (Wildman–Crippen MR) is 55.4 cm³/mol. The predicted octanol–water partition coefficient (Wildman–Crippen LogP) is 0.593. The van der Waals surface area contributed by atoms with Crippen LogP contribution in [0.5, 0.6) is 0 Å². The van der Waals surface area contributed by atoms with Gasteiger partial charge in [-0.25, -0.2) is 4.79 Å². The van der Waals surface area contributed by atoms with Gasteiger partial charge >= 0.3 is 5.69 Å². The Morgan fingerprint density at radius 3 is 2.64 bits per heavy atom. The maximum absolute atomic E-state index is 11.6. The van der Waals surface area contributed by atoms with Gasteiger partial charge in [0, 0.05) is 25.9 Å². The normalized spacial score (nSPS) is 12.8. The van der Waals surface area contributed by atoms with Gasteiger partial charge in [-0.05, 0) is 5.92 Å². The number of rotatable bonds is 3. The standard InChI is InChI=1S/C10H16N2O2/c1-4-8(2)7-12-9(13)5-6-11(3)10(12)14/h5-6,8H,4,7H2,1-3H3. The van der Waals surface area contributed by atoms with E-state index >= 15 is 0 Å². The van der Waals surface area contributed by atoms with Crippen molar-refractivity contribution in [2.45, 2.75) is 26.8 Å². The van der Waals surface area contributed by atoms with Crippen LogP contribution in [0.15, 0.2) is 21.9 Å². The van der Waals surface area contributed by atoms with Crippen LogP contribution in [0.3, 0.4) is 0 Å². The molecule has 1 rings (SSSR count). The fourth-order valence-electron chi connectivity index (χ4n) is 1.22. The second-order valence-corrected chi connectivity index (χ2v) is 3.67. The Kier molecular flexibility index (Phi) is 3.28. The fraction of sp³-hybridized carbons (Fsp3) is 0.600.